The zero-order valence-corrected chi connectivity index (χ0v) is 12.3. The number of ether oxygens (including phenoxy) is 1. The number of carbonyl (C=O) groups excluding carboxylic acids is 1. The zero-order chi connectivity index (χ0) is 14.4. The van der Waals surface area contributed by atoms with Gasteiger partial charge in [-0.25, -0.2) is 0 Å². The topological polar surface area (TPSA) is 52.3 Å². The summed E-state index contributed by atoms with van der Waals surface area (Å²) in [6.07, 6.45) is 6.91. The molecule has 3 heteroatoms. The molecule has 1 fully saturated rings. The number of hydrogen-bond donors (Lipinski definition) is 1. The molecule has 0 aromatic heterocycles. The molecule has 0 bridgehead atoms. The fourth-order valence-electron chi connectivity index (χ4n) is 2.98. The van der Waals surface area contributed by atoms with Gasteiger partial charge in [-0.15, -0.1) is 0 Å². The molecule has 1 aromatic rings. The van der Waals surface area contributed by atoms with E-state index in [1.807, 2.05) is 24.3 Å². The van der Waals surface area contributed by atoms with Crippen molar-refractivity contribution in [3.05, 3.63) is 29.8 Å². The van der Waals surface area contributed by atoms with Crippen LogP contribution < -0.4 is 10.5 Å². The number of Topliss-reactive ketones (excluding diaryl/α,β-unsaturated/α-hetero) is 1. The summed E-state index contributed by atoms with van der Waals surface area (Å²) in [5.41, 5.74) is 7.33. The van der Waals surface area contributed by atoms with Gasteiger partial charge >= 0.3 is 0 Å². The molecule has 1 aromatic carbocycles. The van der Waals surface area contributed by atoms with E-state index in [4.69, 9.17) is 10.5 Å². The number of carbonyl (C=O) groups is 1. The van der Waals surface area contributed by atoms with Crippen LogP contribution >= 0.6 is 0 Å². The smallest absolute Gasteiger partial charge is 0.137 e. The van der Waals surface area contributed by atoms with Crippen LogP contribution in [0.4, 0.5) is 0 Å². The van der Waals surface area contributed by atoms with Crippen LogP contribution in [0.2, 0.25) is 0 Å². The van der Waals surface area contributed by atoms with E-state index < -0.39 is 0 Å². The number of aryl methyl sites for hydroxylation is 1. The van der Waals surface area contributed by atoms with E-state index in [9.17, 15) is 4.79 Å². The third kappa shape index (κ3) is 4.07. The van der Waals surface area contributed by atoms with Gasteiger partial charge in [0, 0.05) is 18.4 Å². The lowest BCUT2D eigenvalue weighted by Crippen LogP contribution is -2.34. The summed E-state index contributed by atoms with van der Waals surface area (Å²) in [6.45, 7) is 0. The van der Waals surface area contributed by atoms with Crippen LogP contribution in [0.3, 0.4) is 0 Å². The highest BCUT2D eigenvalue weighted by Gasteiger charge is 2.26. The highest BCUT2D eigenvalue weighted by molar-refractivity contribution is 5.82. The first-order valence-electron chi connectivity index (χ1n) is 7.62. The molecule has 1 saturated carbocycles. The van der Waals surface area contributed by atoms with Crippen LogP contribution in [0.5, 0.6) is 5.75 Å². The van der Waals surface area contributed by atoms with E-state index in [0.717, 1.165) is 31.4 Å². The average molecular weight is 275 g/mol. The molecule has 0 aliphatic heterocycles. The van der Waals surface area contributed by atoms with E-state index >= 15 is 0 Å². The van der Waals surface area contributed by atoms with E-state index in [-0.39, 0.29) is 12.0 Å². The lowest BCUT2D eigenvalue weighted by atomic mass is 9.88. The Morgan fingerprint density at radius 3 is 2.60 bits per heavy atom. The Kier molecular flexibility index (Phi) is 5.60. The molecule has 0 heterocycles. The van der Waals surface area contributed by atoms with Crippen molar-refractivity contribution in [2.45, 2.75) is 51.0 Å². The van der Waals surface area contributed by atoms with Crippen LogP contribution in [0.15, 0.2) is 24.3 Å². The first-order chi connectivity index (χ1) is 9.70. The average Bonchev–Trinajstić information content (AvgIpc) is 2.70. The first kappa shape index (κ1) is 15.0. The number of ketones is 1. The highest BCUT2D eigenvalue weighted by Crippen LogP contribution is 2.24. The predicted molar refractivity (Wildman–Crippen MR) is 80.9 cm³/mol. The molecule has 1 aliphatic carbocycles. The minimum absolute atomic E-state index is 0.0702. The number of methoxy groups -OCH3 is 1. The quantitative estimate of drug-likeness (QED) is 0.840. The van der Waals surface area contributed by atoms with Crippen molar-refractivity contribution < 1.29 is 9.53 Å². The Balaban J connectivity index is 1.86. The van der Waals surface area contributed by atoms with E-state index in [1.165, 1.54) is 18.4 Å². The molecule has 2 unspecified atom stereocenters. The Morgan fingerprint density at radius 1 is 1.20 bits per heavy atom. The fourth-order valence-corrected chi connectivity index (χ4v) is 2.98. The highest BCUT2D eigenvalue weighted by atomic mass is 16.5. The molecule has 0 amide bonds. The Bertz CT molecular complexity index is 427. The predicted octanol–water partition coefficient (Wildman–Crippen LogP) is 3.10. The minimum Gasteiger partial charge on any atom is -0.497 e. The molecule has 0 spiro atoms. The number of hydrogen-bond acceptors (Lipinski definition) is 3. The maximum absolute atomic E-state index is 12.4. The van der Waals surface area contributed by atoms with Crippen molar-refractivity contribution in [3.63, 3.8) is 0 Å². The van der Waals surface area contributed by atoms with Crippen molar-refractivity contribution >= 4 is 5.78 Å². The Morgan fingerprint density at radius 2 is 1.90 bits per heavy atom. The lowest BCUT2D eigenvalue weighted by Gasteiger charge is -2.19. The zero-order valence-electron chi connectivity index (χ0n) is 12.3. The summed E-state index contributed by atoms with van der Waals surface area (Å²) in [4.78, 5) is 12.4. The lowest BCUT2D eigenvalue weighted by molar-refractivity contribution is -0.123. The van der Waals surface area contributed by atoms with Crippen LogP contribution in [0, 0.1) is 5.92 Å². The van der Waals surface area contributed by atoms with Gasteiger partial charge in [0.2, 0.25) is 0 Å². The van der Waals surface area contributed by atoms with Crippen LogP contribution in [-0.2, 0) is 11.2 Å². The van der Waals surface area contributed by atoms with Gasteiger partial charge in [-0.2, -0.15) is 0 Å². The van der Waals surface area contributed by atoms with Crippen molar-refractivity contribution in [1.82, 2.24) is 0 Å². The van der Waals surface area contributed by atoms with Gasteiger partial charge in [0.05, 0.1) is 7.11 Å². The standard InChI is InChI=1S/C17H25NO2/c1-20-14-10-7-13(8-11-14)9-12-17(19)15-5-3-2-4-6-16(15)18/h7-8,10-11,15-16H,2-6,9,12,18H2,1H3. The first-order valence-corrected chi connectivity index (χ1v) is 7.62. The second-order valence-electron chi connectivity index (χ2n) is 5.72. The summed E-state index contributed by atoms with van der Waals surface area (Å²) in [7, 11) is 1.66. The van der Waals surface area contributed by atoms with Crippen molar-refractivity contribution in [2.75, 3.05) is 7.11 Å². The molecule has 1 aliphatic rings. The van der Waals surface area contributed by atoms with Crippen LogP contribution in [0.1, 0.15) is 44.1 Å². The van der Waals surface area contributed by atoms with Crippen LogP contribution in [-0.4, -0.2) is 18.9 Å². The fraction of sp³-hybridized carbons (Fsp3) is 0.588. The molecule has 3 nitrogen and oxygen atoms in total. The van der Waals surface area contributed by atoms with E-state index in [2.05, 4.69) is 0 Å². The monoisotopic (exact) mass is 275 g/mol. The van der Waals surface area contributed by atoms with E-state index in [1.54, 1.807) is 7.11 Å². The van der Waals surface area contributed by atoms with Crippen molar-refractivity contribution in [1.29, 1.82) is 0 Å². The normalized spacial score (nSPS) is 23.1. The third-order valence-corrected chi connectivity index (χ3v) is 4.30. The SMILES string of the molecule is COc1ccc(CCC(=O)C2CCCCCC2N)cc1. The van der Waals surface area contributed by atoms with Gasteiger partial charge in [0.15, 0.2) is 0 Å². The molecule has 110 valence electrons. The number of nitrogens with two attached hydrogens (primary N) is 1. The van der Waals surface area contributed by atoms with Gasteiger partial charge in [-0.05, 0) is 37.0 Å². The number of benzene rings is 1. The third-order valence-electron chi connectivity index (χ3n) is 4.30. The molecule has 2 rings (SSSR count). The van der Waals surface area contributed by atoms with Gasteiger partial charge in [0.25, 0.3) is 0 Å². The Labute approximate surface area is 121 Å². The van der Waals surface area contributed by atoms with Gasteiger partial charge in [-0.1, -0.05) is 31.4 Å². The van der Waals surface area contributed by atoms with Gasteiger partial charge < -0.3 is 10.5 Å². The van der Waals surface area contributed by atoms with Crippen molar-refractivity contribution in [2.24, 2.45) is 11.7 Å². The maximum atomic E-state index is 12.4. The summed E-state index contributed by atoms with van der Waals surface area (Å²) in [6, 6.07) is 8.01. The second kappa shape index (κ2) is 7.44. The largest absolute Gasteiger partial charge is 0.497 e. The van der Waals surface area contributed by atoms with E-state index in [0.29, 0.717) is 12.2 Å². The Hall–Kier alpha value is -1.35. The van der Waals surface area contributed by atoms with Crippen molar-refractivity contribution in [3.8, 4) is 5.75 Å². The summed E-state index contributed by atoms with van der Waals surface area (Å²) < 4.78 is 5.13. The molecule has 20 heavy (non-hydrogen) atoms. The summed E-state index contributed by atoms with van der Waals surface area (Å²) in [5.74, 6) is 1.27. The minimum atomic E-state index is 0.0702. The summed E-state index contributed by atoms with van der Waals surface area (Å²) in [5, 5.41) is 0. The van der Waals surface area contributed by atoms with Crippen LogP contribution in [0.25, 0.3) is 0 Å². The van der Waals surface area contributed by atoms with Gasteiger partial charge in [0.1, 0.15) is 11.5 Å². The molecule has 0 saturated heterocycles. The molecular formula is C17H25NO2. The molecular weight excluding hydrogens is 250 g/mol. The molecule has 2 N–H and O–H groups in total. The maximum Gasteiger partial charge on any atom is 0.137 e. The molecule has 0 radical (unpaired) electrons. The van der Waals surface area contributed by atoms with Gasteiger partial charge in [-0.3, -0.25) is 4.79 Å². The molecule has 2 atom stereocenters. The second-order valence-corrected chi connectivity index (χ2v) is 5.72. The summed E-state index contributed by atoms with van der Waals surface area (Å²) >= 11 is 0. The number of rotatable bonds is 5.